The number of rotatable bonds is 3. The molecule has 2 atom stereocenters. The number of carbonyl (C=O) groups is 1. The molecule has 0 bridgehead atoms. The van der Waals surface area contributed by atoms with Crippen molar-refractivity contribution in [3.05, 3.63) is 35.4 Å². The number of thioether (sulfide) groups is 1. The molecule has 21 heavy (non-hydrogen) atoms. The first-order valence-electron chi connectivity index (χ1n) is 6.68. The van der Waals surface area contributed by atoms with Gasteiger partial charge < -0.3 is 10.0 Å². The van der Waals surface area contributed by atoms with Gasteiger partial charge in [0.1, 0.15) is 17.3 Å². The van der Waals surface area contributed by atoms with Gasteiger partial charge in [0.05, 0.1) is 0 Å². The molecule has 6 heteroatoms. The maximum absolute atomic E-state index is 14.3. The van der Waals surface area contributed by atoms with Crippen molar-refractivity contribution in [2.24, 2.45) is 0 Å². The second kappa shape index (κ2) is 6.47. The highest BCUT2D eigenvalue weighted by molar-refractivity contribution is 8.00. The van der Waals surface area contributed by atoms with E-state index in [1.54, 1.807) is 16.7 Å². The summed E-state index contributed by atoms with van der Waals surface area (Å²) >= 11 is 1.79. The highest BCUT2D eigenvalue weighted by atomic mass is 32.2. The largest absolute Gasteiger partial charge is 0.478 e. The maximum Gasteiger partial charge on any atom is 0.328 e. The van der Waals surface area contributed by atoms with Crippen molar-refractivity contribution in [3.63, 3.8) is 0 Å². The predicted molar refractivity (Wildman–Crippen MR) is 81.8 cm³/mol. The lowest BCUT2D eigenvalue weighted by Gasteiger charge is -2.39. The topological polar surface area (TPSA) is 40.5 Å². The summed E-state index contributed by atoms with van der Waals surface area (Å²) in [5.74, 6) is -1.65. The summed E-state index contributed by atoms with van der Waals surface area (Å²) < 4.78 is 28.5. The van der Waals surface area contributed by atoms with E-state index < -0.39 is 17.6 Å². The van der Waals surface area contributed by atoms with Crippen LogP contribution in [0.5, 0.6) is 0 Å². The Kier molecular flexibility index (Phi) is 4.88. The molecule has 1 N–H and O–H groups in total. The first-order valence-corrected chi connectivity index (χ1v) is 7.73. The Bertz CT molecular complexity index is 554. The normalized spacial score (nSPS) is 22.8. The number of halogens is 2. The molecule has 1 aromatic carbocycles. The molecule has 1 aliphatic rings. The van der Waals surface area contributed by atoms with E-state index in [9.17, 15) is 13.6 Å². The number of nitrogens with zero attached hydrogens (tertiary/aromatic N) is 1. The summed E-state index contributed by atoms with van der Waals surface area (Å²) in [6.45, 7) is 4.59. The molecule has 3 nitrogen and oxygen atoms in total. The first-order chi connectivity index (χ1) is 9.90. The van der Waals surface area contributed by atoms with Crippen LogP contribution in [0.25, 0.3) is 6.08 Å². The number of aliphatic carboxylic acids is 1. The summed E-state index contributed by atoms with van der Waals surface area (Å²) in [7, 11) is 0. The third-order valence-electron chi connectivity index (χ3n) is 3.63. The summed E-state index contributed by atoms with van der Waals surface area (Å²) in [4.78, 5) is 12.2. The van der Waals surface area contributed by atoms with Crippen LogP contribution in [-0.4, -0.2) is 34.7 Å². The van der Waals surface area contributed by atoms with E-state index in [4.69, 9.17) is 5.11 Å². The van der Waals surface area contributed by atoms with E-state index in [1.165, 1.54) is 6.08 Å². The fourth-order valence-corrected chi connectivity index (χ4v) is 3.47. The molecule has 1 fully saturated rings. The fourth-order valence-electron chi connectivity index (χ4n) is 2.37. The number of carboxylic acids is 1. The van der Waals surface area contributed by atoms with Crippen LogP contribution in [-0.2, 0) is 4.79 Å². The Morgan fingerprint density at radius 3 is 2.57 bits per heavy atom. The highest BCUT2D eigenvalue weighted by Crippen LogP contribution is 2.33. The van der Waals surface area contributed by atoms with Crippen molar-refractivity contribution in [3.8, 4) is 0 Å². The molecule has 0 aromatic heterocycles. The van der Waals surface area contributed by atoms with E-state index in [-0.39, 0.29) is 17.3 Å². The molecule has 0 aliphatic carbocycles. The van der Waals surface area contributed by atoms with Crippen molar-refractivity contribution in [1.82, 2.24) is 0 Å². The van der Waals surface area contributed by atoms with Crippen LogP contribution in [0.3, 0.4) is 0 Å². The van der Waals surface area contributed by atoms with E-state index in [1.807, 2.05) is 13.8 Å². The van der Waals surface area contributed by atoms with Gasteiger partial charge in [-0.15, -0.1) is 0 Å². The molecule has 0 spiro atoms. The van der Waals surface area contributed by atoms with Gasteiger partial charge in [0, 0.05) is 29.7 Å². The van der Waals surface area contributed by atoms with Gasteiger partial charge in [-0.05, 0) is 30.7 Å². The van der Waals surface area contributed by atoms with Crippen LogP contribution in [0.2, 0.25) is 0 Å². The van der Waals surface area contributed by atoms with Gasteiger partial charge in [0.2, 0.25) is 0 Å². The van der Waals surface area contributed by atoms with Crippen LogP contribution >= 0.6 is 11.8 Å². The Hall–Kier alpha value is -1.56. The van der Waals surface area contributed by atoms with Gasteiger partial charge >= 0.3 is 5.97 Å². The van der Waals surface area contributed by atoms with Crippen LogP contribution in [0.4, 0.5) is 14.5 Å². The van der Waals surface area contributed by atoms with Crippen LogP contribution in [0.1, 0.15) is 19.4 Å². The highest BCUT2D eigenvalue weighted by Gasteiger charge is 2.29. The van der Waals surface area contributed by atoms with Gasteiger partial charge in [-0.2, -0.15) is 11.8 Å². The van der Waals surface area contributed by atoms with E-state index >= 15 is 0 Å². The Labute approximate surface area is 126 Å². The van der Waals surface area contributed by atoms with E-state index in [0.717, 1.165) is 24.0 Å². The number of carboxylic acid groups (broad SMARTS) is 1. The number of benzene rings is 1. The standard InChI is InChI=1S/C15H17F2NO2S/c1-9-10(2)21-6-5-18(9)15-12(16)7-11(8-13(15)17)3-4-14(19)20/h3-4,7-10H,5-6H2,1-2H3,(H,19,20)/b4-3+. The molecule has 0 radical (unpaired) electrons. The third kappa shape index (κ3) is 3.56. The van der Waals surface area contributed by atoms with Crippen LogP contribution in [0.15, 0.2) is 18.2 Å². The predicted octanol–water partition coefficient (Wildman–Crippen LogP) is 3.39. The zero-order valence-corrected chi connectivity index (χ0v) is 12.7. The Morgan fingerprint density at radius 1 is 1.38 bits per heavy atom. The van der Waals surface area contributed by atoms with Crippen LogP contribution < -0.4 is 4.90 Å². The second-order valence-electron chi connectivity index (χ2n) is 5.01. The minimum absolute atomic E-state index is 0.0258. The fraction of sp³-hybridized carbons (Fsp3) is 0.400. The Balaban J connectivity index is 2.35. The van der Waals surface area contributed by atoms with Crippen molar-refractivity contribution in [2.45, 2.75) is 25.1 Å². The maximum atomic E-state index is 14.3. The number of hydrogen-bond donors (Lipinski definition) is 1. The van der Waals surface area contributed by atoms with Crippen LogP contribution in [0, 0.1) is 11.6 Å². The van der Waals surface area contributed by atoms with Gasteiger partial charge in [0.15, 0.2) is 0 Å². The molecular weight excluding hydrogens is 296 g/mol. The van der Waals surface area contributed by atoms with Gasteiger partial charge in [-0.25, -0.2) is 13.6 Å². The average molecular weight is 313 g/mol. The second-order valence-corrected chi connectivity index (χ2v) is 6.50. The van der Waals surface area contributed by atoms with Gasteiger partial charge in [-0.1, -0.05) is 6.92 Å². The first kappa shape index (κ1) is 15.8. The average Bonchev–Trinajstić information content (AvgIpc) is 2.40. The monoisotopic (exact) mass is 313 g/mol. The smallest absolute Gasteiger partial charge is 0.328 e. The van der Waals surface area contributed by atoms with Crippen molar-refractivity contribution < 1.29 is 18.7 Å². The molecule has 114 valence electrons. The molecule has 1 aromatic rings. The van der Waals surface area contributed by atoms with E-state index in [2.05, 4.69) is 0 Å². The van der Waals surface area contributed by atoms with Crippen molar-refractivity contribution in [2.75, 3.05) is 17.2 Å². The third-order valence-corrected chi connectivity index (χ3v) is 4.97. The lowest BCUT2D eigenvalue weighted by molar-refractivity contribution is -0.131. The molecule has 0 saturated carbocycles. The van der Waals surface area contributed by atoms with Gasteiger partial charge in [0.25, 0.3) is 0 Å². The quantitative estimate of drug-likeness (QED) is 0.868. The number of anilines is 1. The molecule has 2 unspecified atom stereocenters. The van der Waals surface area contributed by atoms with Crippen molar-refractivity contribution in [1.29, 1.82) is 0 Å². The zero-order chi connectivity index (χ0) is 15.6. The molecule has 1 saturated heterocycles. The molecule has 2 rings (SSSR count). The minimum Gasteiger partial charge on any atom is -0.478 e. The lowest BCUT2D eigenvalue weighted by Crippen LogP contribution is -2.45. The van der Waals surface area contributed by atoms with Crippen molar-refractivity contribution >= 4 is 29.5 Å². The number of hydrogen-bond acceptors (Lipinski definition) is 3. The molecule has 0 amide bonds. The molecule has 1 heterocycles. The molecule has 1 aliphatic heterocycles. The zero-order valence-electron chi connectivity index (χ0n) is 11.8. The van der Waals surface area contributed by atoms with E-state index in [0.29, 0.717) is 11.8 Å². The summed E-state index contributed by atoms with van der Waals surface area (Å²) in [6.07, 6.45) is 2.03. The Morgan fingerprint density at radius 2 is 2.00 bits per heavy atom. The lowest BCUT2D eigenvalue weighted by atomic mass is 10.1. The summed E-state index contributed by atoms with van der Waals surface area (Å²) in [5, 5.41) is 8.85. The molecular formula is C15H17F2NO2S. The summed E-state index contributed by atoms with van der Waals surface area (Å²) in [6, 6.07) is 2.36. The summed E-state index contributed by atoms with van der Waals surface area (Å²) in [5.41, 5.74) is 0.172. The minimum atomic E-state index is -1.16. The van der Waals surface area contributed by atoms with Gasteiger partial charge in [-0.3, -0.25) is 0 Å². The SMILES string of the molecule is CC1SCCN(c2c(F)cc(/C=C/C(=O)O)cc2F)C1C.